The van der Waals surface area contributed by atoms with Crippen LogP contribution in [0.2, 0.25) is 0 Å². The quantitative estimate of drug-likeness (QED) is 0.128. The summed E-state index contributed by atoms with van der Waals surface area (Å²) in [6.45, 7) is -1.23. The second-order valence-electron chi connectivity index (χ2n) is 7.47. The van der Waals surface area contributed by atoms with E-state index in [1.807, 2.05) is 0 Å². The van der Waals surface area contributed by atoms with Gasteiger partial charge in [0, 0.05) is 0 Å². The van der Waals surface area contributed by atoms with E-state index in [1.165, 1.54) is 0 Å². The summed E-state index contributed by atoms with van der Waals surface area (Å²) in [5.41, 5.74) is -1.69. The highest BCUT2D eigenvalue weighted by molar-refractivity contribution is 5.78. The second-order valence-corrected chi connectivity index (χ2v) is 7.47. The van der Waals surface area contributed by atoms with Crippen molar-refractivity contribution in [2.45, 2.75) is 24.9 Å². The molecule has 0 saturated heterocycles. The minimum atomic E-state index is -1.69. The number of amides is 2. The van der Waals surface area contributed by atoms with E-state index in [0.29, 0.717) is 18.6 Å². The number of benzene rings is 2. The first-order valence-corrected chi connectivity index (χ1v) is 10.7. The number of aliphatic hydroxyl groups is 2. The summed E-state index contributed by atoms with van der Waals surface area (Å²) in [6, 6.07) is 16.5. The van der Waals surface area contributed by atoms with Crippen LogP contribution in [-0.4, -0.2) is 53.8 Å². The molecule has 0 aliphatic carbocycles. The van der Waals surface area contributed by atoms with Crippen LogP contribution in [0.15, 0.2) is 60.7 Å². The van der Waals surface area contributed by atoms with Gasteiger partial charge in [0.15, 0.2) is 0 Å². The lowest BCUT2D eigenvalue weighted by atomic mass is 9.86. The molecule has 34 heavy (non-hydrogen) atoms. The number of nitrogens with one attached hydrogen (secondary N) is 2. The Morgan fingerprint density at radius 1 is 0.824 bits per heavy atom. The van der Waals surface area contributed by atoms with E-state index >= 15 is 0 Å². The Morgan fingerprint density at radius 3 is 1.76 bits per heavy atom. The average Bonchev–Trinajstić information content (AvgIpc) is 2.84. The van der Waals surface area contributed by atoms with E-state index < -0.39 is 42.7 Å². The van der Waals surface area contributed by atoms with Crippen LogP contribution >= 0.6 is 0 Å². The molecule has 0 aliphatic rings. The summed E-state index contributed by atoms with van der Waals surface area (Å²) in [6.07, 6.45) is 0.835. The number of ether oxygens (including phenoxy) is 2. The van der Waals surface area contributed by atoms with Gasteiger partial charge in [0.1, 0.15) is 23.1 Å². The molecule has 0 fully saturated rings. The SMILES string of the molecule is O=CNC(CCC[C@H](CO)C(=O)Oc1ccccc1)(NC=O)[C@H](CO)C(=O)Oc1ccccc1. The van der Waals surface area contributed by atoms with Gasteiger partial charge in [-0.05, 0) is 43.5 Å². The summed E-state index contributed by atoms with van der Waals surface area (Å²) < 4.78 is 10.6. The average molecular weight is 472 g/mol. The Kier molecular flexibility index (Phi) is 10.7. The molecule has 0 heterocycles. The maximum Gasteiger partial charge on any atom is 0.321 e. The van der Waals surface area contributed by atoms with Crippen LogP contribution in [0.25, 0.3) is 0 Å². The van der Waals surface area contributed by atoms with Crippen molar-refractivity contribution < 1.29 is 38.9 Å². The summed E-state index contributed by atoms with van der Waals surface area (Å²) >= 11 is 0. The van der Waals surface area contributed by atoms with E-state index in [4.69, 9.17) is 9.47 Å². The molecule has 2 aromatic carbocycles. The zero-order valence-electron chi connectivity index (χ0n) is 18.5. The van der Waals surface area contributed by atoms with Gasteiger partial charge in [-0.1, -0.05) is 36.4 Å². The van der Waals surface area contributed by atoms with E-state index in [9.17, 15) is 29.4 Å². The third-order valence-electron chi connectivity index (χ3n) is 5.30. The molecule has 0 saturated carbocycles. The summed E-state index contributed by atoms with van der Waals surface area (Å²) in [5.74, 6) is -3.20. The fourth-order valence-electron chi connectivity index (χ4n) is 3.48. The monoisotopic (exact) mass is 472 g/mol. The second kappa shape index (κ2) is 13.7. The molecule has 10 heteroatoms. The van der Waals surface area contributed by atoms with Crippen molar-refractivity contribution in [1.82, 2.24) is 10.6 Å². The van der Waals surface area contributed by atoms with Crippen LogP contribution in [0.1, 0.15) is 19.3 Å². The number of carbonyl (C=O) groups excluding carboxylic acids is 4. The Morgan fingerprint density at radius 2 is 1.32 bits per heavy atom. The number of aliphatic hydroxyl groups excluding tert-OH is 2. The molecule has 0 radical (unpaired) electrons. The first-order chi connectivity index (χ1) is 16.5. The number of hydrogen-bond donors (Lipinski definition) is 4. The summed E-state index contributed by atoms with van der Waals surface area (Å²) in [4.78, 5) is 47.9. The Balaban J connectivity index is 2.12. The Hall–Kier alpha value is -3.76. The zero-order chi connectivity index (χ0) is 24.8. The van der Waals surface area contributed by atoms with Gasteiger partial charge in [0.2, 0.25) is 12.8 Å². The van der Waals surface area contributed by atoms with Crippen LogP contribution in [0.4, 0.5) is 0 Å². The molecule has 2 aromatic rings. The van der Waals surface area contributed by atoms with E-state index in [2.05, 4.69) is 10.6 Å². The van der Waals surface area contributed by atoms with Crippen molar-refractivity contribution in [3.63, 3.8) is 0 Å². The maximum atomic E-state index is 12.8. The topological polar surface area (TPSA) is 151 Å². The summed E-state index contributed by atoms with van der Waals surface area (Å²) in [5, 5.41) is 24.4. The highest BCUT2D eigenvalue weighted by atomic mass is 16.5. The third-order valence-corrected chi connectivity index (χ3v) is 5.30. The van der Waals surface area contributed by atoms with Crippen molar-refractivity contribution in [3.05, 3.63) is 60.7 Å². The molecule has 0 aliphatic heterocycles. The number of para-hydroxylation sites is 2. The number of hydrogen-bond acceptors (Lipinski definition) is 8. The predicted molar refractivity (Wildman–Crippen MR) is 120 cm³/mol. The molecular weight excluding hydrogens is 444 g/mol. The fourth-order valence-corrected chi connectivity index (χ4v) is 3.48. The first-order valence-electron chi connectivity index (χ1n) is 10.7. The smallest absolute Gasteiger partial charge is 0.321 e. The van der Waals surface area contributed by atoms with Crippen LogP contribution in [-0.2, 0) is 19.2 Å². The number of rotatable bonds is 15. The minimum absolute atomic E-state index is 0.0469. The molecule has 0 unspecified atom stereocenters. The van der Waals surface area contributed by atoms with Gasteiger partial charge < -0.3 is 30.3 Å². The lowest BCUT2D eigenvalue weighted by molar-refractivity contribution is -0.146. The van der Waals surface area contributed by atoms with E-state index in [0.717, 1.165) is 0 Å². The number of esters is 2. The molecule has 4 N–H and O–H groups in total. The van der Waals surface area contributed by atoms with Crippen LogP contribution in [0.5, 0.6) is 11.5 Å². The van der Waals surface area contributed by atoms with Crippen molar-refractivity contribution in [1.29, 1.82) is 0 Å². The van der Waals surface area contributed by atoms with Crippen molar-refractivity contribution in [2.75, 3.05) is 13.2 Å². The highest BCUT2D eigenvalue weighted by Gasteiger charge is 2.44. The Bertz CT molecular complexity index is 913. The highest BCUT2D eigenvalue weighted by Crippen LogP contribution is 2.25. The lowest BCUT2D eigenvalue weighted by Crippen LogP contribution is -2.64. The molecule has 0 spiro atoms. The van der Waals surface area contributed by atoms with Gasteiger partial charge in [0.05, 0.1) is 19.1 Å². The van der Waals surface area contributed by atoms with Gasteiger partial charge in [-0.2, -0.15) is 0 Å². The van der Waals surface area contributed by atoms with Gasteiger partial charge in [-0.15, -0.1) is 0 Å². The molecule has 2 amide bonds. The molecule has 10 nitrogen and oxygen atoms in total. The van der Waals surface area contributed by atoms with Crippen LogP contribution in [0.3, 0.4) is 0 Å². The molecule has 0 bridgehead atoms. The summed E-state index contributed by atoms with van der Waals surface area (Å²) in [7, 11) is 0. The zero-order valence-corrected chi connectivity index (χ0v) is 18.5. The van der Waals surface area contributed by atoms with E-state index in [-0.39, 0.29) is 25.0 Å². The van der Waals surface area contributed by atoms with Gasteiger partial charge >= 0.3 is 11.9 Å². The van der Waals surface area contributed by atoms with Crippen molar-refractivity contribution in [3.8, 4) is 11.5 Å². The third kappa shape index (κ3) is 7.39. The van der Waals surface area contributed by atoms with Crippen LogP contribution < -0.4 is 20.1 Å². The molecule has 2 atom stereocenters. The largest absolute Gasteiger partial charge is 0.426 e. The first kappa shape index (κ1) is 26.5. The lowest BCUT2D eigenvalue weighted by Gasteiger charge is -2.38. The van der Waals surface area contributed by atoms with Crippen molar-refractivity contribution >= 4 is 24.8 Å². The molecular formula is C24H28N2O8. The number of carbonyl (C=O) groups is 4. The standard InChI is InChI=1S/C24H28N2O8/c27-14-18(22(31)33-19-9-3-1-4-10-19)8-7-13-24(25-16-29,26-17-30)21(15-28)23(32)34-20-11-5-2-6-12-20/h1-6,9-12,16-18,21,27-28H,7-8,13-15H2,(H,25,29)(H,26,30)/t18-,21-/m1/s1. The van der Waals surface area contributed by atoms with Crippen LogP contribution in [0, 0.1) is 11.8 Å². The maximum absolute atomic E-state index is 12.8. The van der Waals surface area contributed by atoms with Gasteiger partial charge in [-0.25, -0.2) is 0 Å². The van der Waals surface area contributed by atoms with E-state index in [1.54, 1.807) is 60.7 Å². The minimum Gasteiger partial charge on any atom is -0.426 e. The Labute approximate surface area is 196 Å². The molecule has 2 rings (SSSR count). The fraction of sp³-hybridized carbons (Fsp3) is 0.333. The predicted octanol–water partition coefficient (Wildman–Crippen LogP) is 0.773. The van der Waals surface area contributed by atoms with Gasteiger partial charge in [-0.3, -0.25) is 19.2 Å². The normalized spacial score (nSPS) is 12.6. The molecule has 0 aromatic heterocycles. The van der Waals surface area contributed by atoms with Gasteiger partial charge in [0.25, 0.3) is 0 Å². The van der Waals surface area contributed by atoms with Crippen molar-refractivity contribution in [2.24, 2.45) is 11.8 Å². The molecule has 182 valence electrons.